The zero-order chi connectivity index (χ0) is 19.7. The molecule has 0 bridgehead atoms. The molecule has 0 spiro atoms. The van der Waals surface area contributed by atoms with Crippen molar-refractivity contribution in [1.29, 1.82) is 0 Å². The number of ether oxygens (including phenoxy) is 1. The minimum absolute atomic E-state index is 0.187. The van der Waals surface area contributed by atoms with Gasteiger partial charge in [0, 0.05) is 11.9 Å². The molecule has 0 saturated heterocycles. The number of aromatic amines is 1. The number of carbonyl (C=O) groups is 1. The molecule has 0 aliphatic heterocycles. The lowest BCUT2D eigenvalue weighted by atomic mass is 9.97. The first-order valence-electron chi connectivity index (χ1n) is 8.63. The van der Waals surface area contributed by atoms with Gasteiger partial charge < -0.3 is 14.3 Å². The first-order valence-corrected chi connectivity index (χ1v) is 8.63. The lowest BCUT2D eigenvalue weighted by molar-refractivity contribution is 0.186. The standard InChI is InChI=1S/C20H18FN5O2/c1-12-10-22-11-26(12)18(13-3-6-15(21)7-4-13)14-5-8-16-17(9-14)24-19(23-16)25-20(27)28-2/h3-11,18H,1-2H3,(H2,23,24,25,27). The van der Waals surface area contributed by atoms with E-state index in [9.17, 15) is 9.18 Å². The summed E-state index contributed by atoms with van der Waals surface area (Å²) in [4.78, 5) is 23.0. The number of hydrogen-bond acceptors (Lipinski definition) is 4. The number of H-pyrrole nitrogens is 1. The van der Waals surface area contributed by atoms with Gasteiger partial charge in [0.2, 0.25) is 5.95 Å². The number of anilines is 1. The van der Waals surface area contributed by atoms with Gasteiger partial charge in [-0.05, 0) is 42.3 Å². The van der Waals surface area contributed by atoms with Crippen molar-refractivity contribution in [3.63, 3.8) is 0 Å². The molecule has 142 valence electrons. The van der Waals surface area contributed by atoms with Crippen LogP contribution in [0.5, 0.6) is 0 Å². The third kappa shape index (κ3) is 3.32. The molecule has 0 aliphatic rings. The zero-order valence-corrected chi connectivity index (χ0v) is 15.3. The highest BCUT2D eigenvalue weighted by Gasteiger charge is 2.19. The number of aromatic nitrogens is 4. The highest BCUT2D eigenvalue weighted by Crippen LogP contribution is 2.30. The second kappa shape index (κ2) is 7.15. The number of halogens is 1. The summed E-state index contributed by atoms with van der Waals surface area (Å²) in [6, 6.07) is 12.0. The Balaban J connectivity index is 1.79. The molecular formula is C20H18FN5O2. The molecule has 2 N–H and O–H groups in total. The number of carbonyl (C=O) groups excluding carboxylic acids is 1. The van der Waals surface area contributed by atoms with Crippen LogP contribution in [0.4, 0.5) is 15.1 Å². The molecule has 28 heavy (non-hydrogen) atoms. The molecule has 1 unspecified atom stereocenters. The van der Waals surface area contributed by atoms with Crippen LogP contribution in [-0.4, -0.2) is 32.7 Å². The minimum Gasteiger partial charge on any atom is -0.453 e. The number of amides is 1. The van der Waals surface area contributed by atoms with Crippen molar-refractivity contribution in [3.8, 4) is 0 Å². The van der Waals surface area contributed by atoms with Gasteiger partial charge in [0.25, 0.3) is 0 Å². The van der Waals surface area contributed by atoms with Crippen LogP contribution in [0.25, 0.3) is 11.0 Å². The molecule has 2 aromatic carbocycles. The fourth-order valence-corrected chi connectivity index (χ4v) is 3.20. The number of benzene rings is 2. The number of fused-ring (bicyclic) bond motifs is 1. The van der Waals surface area contributed by atoms with Crippen molar-refractivity contribution in [1.82, 2.24) is 19.5 Å². The Morgan fingerprint density at radius 1 is 1.21 bits per heavy atom. The predicted molar refractivity (Wildman–Crippen MR) is 103 cm³/mol. The number of methoxy groups -OCH3 is 1. The van der Waals surface area contributed by atoms with Crippen LogP contribution in [0.1, 0.15) is 22.9 Å². The summed E-state index contributed by atoms with van der Waals surface area (Å²) >= 11 is 0. The average molecular weight is 379 g/mol. The lowest BCUT2D eigenvalue weighted by Gasteiger charge is -2.21. The molecular weight excluding hydrogens is 361 g/mol. The molecule has 8 heteroatoms. The minimum atomic E-state index is -0.600. The molecule has 0 saturated carbocycles. The van der Waals surface area contributed by atoms with Gasteiger partial charge in [-0.1, -0.05) is 18.2 Å². The van der Waals surface area contributed by atoms with E-state index in [0.29, 0.717) is 11.5 Å². The van der Waals surface area contributed by atoms with Crippen molar-refractivity contribution < 1.29 is 13.9 Å². The maximum Gasteiger partial charge on any atom is 0.413 e. The Hall–Kier alpha value is -3.68. The van der Waals surface area contributed by atoms with E-state index in [1.54, 1.807) is 24.7 Å². The van der Waals surface area contributed by atoms with E-state index in [1.807, 2.05) is 29.7 Å². The maximum absolute atomic E-state index is 13.4. The summed E-state index contributed by atoms with van der Waals surface area (Å²) in [6.07, 6.45) is 2.94. The summed E-state index contributed by atoms with van der Waals surface area (Å²) in [5.74, 6) is 0.0172. The Kier molecular flexibility index (Phi) is 4.52. The zero-order valence-electron chi connectivity index (χ0n) is 15.3. The summed E-state index contributed by atoms with van der Waals surface area (Å²) in [6.45, 7) is 1.97. The van der Waals surface area contributed by atoms with Gasteiger partial charge in [-0.3, -0.25) is 5.32 Å². The number of aryl methyl sites for hydroxylation is 1. The van der Waals surface area contributed by atoms with Gasteiger partial charge in [-0.15, -0.1) is 0 Å². The van der Waals surface area contributed by atoms with Crippen LogP contribution >= 0.6 is 0 Å². The van der Waals surface area contributed by atoms with Crippen LogP contribution in [0, 0.1) is 12.7 Å². The normalized spacial score (nSPS) is 12.1. The maximum atomic E-state index is 13.4. The summed E-state index contributed by atoms with van der Waals surface area (Å²) < 4.78 is 20.1. The first kappa shape index (κ1) is 17.7. The van der Waals surface area contributed by atoms with Crippen molar-refractivity contribution in [2.75, 3.05) is 12.4 Å². The average Bonchev–Trinajstić information content (AvgIpc) is 3.29. The quantitative estimate of drug-likeness (QED) is 0.561. The highest BCUT2D eigenvalue weighted by atomic mass is 19.1. The van der Waals surface area contributed by atoms with Crippen LogP contribution in [0.15, 0.2) is 55.0 Å². The summed E-state index contributed by atoms with van der Waals surface area (Å²) in [7, 11) is 1.29. The van der Waals surface area contributed by atoms with Crippen molar-refractivity contribution in [3.05, 3.63) is 77.6 Å². The monoisotopic (exact) mass is 379 g/mol. The number of hydrogen-bond donors (Lipinski definition) is 2. The van der Waals surface area contributed by atoms with E-state index in [4.69, 9.17) is 0 Å². The number of imidazole rings is 2. The SMILES string of the molecule is COC(=O)Nc1nc2ccc(C(c3ccc(F)cc3)n3cncc3C)cc2[nH]1. The molecule has 1 amide bonds. The van der Waals surface area contributed by atoms with Crippen molar-refractivity contribution in [2.45, 2.75) is 13.0 Å². The first-order chi connectivity index (χ1) is 13.5. The molecule has 2 heterocycles. The molecule has 1 atom stereocenters. The number of nitrogens with zero attached hydrogens (tertiary/aromatic N) is 3. The van der Waals surface area contributed by atoms with Gasteiger partial charge in [0.1, 0.15) is 5.82 Å². The van der Waals surface area contributed by atoms with E-state index in [0.717, 1.165) is 22.3 Å². The smallest absolute Gasteiger partial charge is 0.413 e. The summed E-state index contributed by atoms with van der Waals surface area (Å²) in [5, 5.41) is 2.52. The van der Waals surface area contributed by atoms with Crippen LogP contribution in [0.3, 0.4) is 0 Å². The largest absolute Gasteiger partial charge is 0.453 e. The van der Waals surface area contributed by atoms with Gasteiger partial charge in [-0.25, -0.2) is 19.2 Å². The van der Waals surface area contributed by atoms with Gasteiger partial charge in [-0.2, -0.15) is 0 Å². The Morgan fingerprint density at radius 3 is 2.64 bits per heavy atom. The molecule has 4 aromatic rings. The van der Waals surface area contributed by atoms with Gasteiger partial charge >= 0.3 is 6.09 Å². The lowest BCUT2D eigenvalue weighted by Crippen LogP contribution is -2.13. The number of rotatable bonds is 4. The van der Waals surface area contributed by atoms with E-state index in [2.05, 4.69) is 25.0 Å². The van der Waals surface area contributed by atoms with Crippen LogP contribution in [-0.2, 0) is 4.74 Å². The van der Waals surface area contributed by atoms with Gasteiger partial charge in [0.15, 0.2) is 0 Å². The second-order valence-electron chi connectivity index (χ2n) is 6.37. The molecule has 0 fully saturated rings. The van der Waals surface area contributed by atoms with E-state index < -0.39 is 6.09 Å². The van der Waals surface area contributed by atoms with E-state index in [-0.39, 0.29) is 11.9 Å². The summed E-state index contributed by atoms with van der Waals surface area (Å²) in [5.41, 5.74) is 4.33. The van der Waals surface area contributed by atoms with E-state index in [1.165, 1.54) is 19.2 Å². The third-order valence-corrected chi connectivity index (χ3v) is 4.55. The van der Waals surface area contributed by atoms with E-state index >= 15 is 0 Å². The number of nitrogens with one attached hydrogen (secondary N) is 2. The highest BCUT2D eigenvalue weighted by molar-refractivity contribution is 5.86. The Morgan fingerprint density at radius 2 is 1.96 bits per heavy atom. The Bertz CT molecular complexity index is 1130. The van der Waals surface area contributed by atoms with Gasteiger partial charge in [0.05, 0.1) is 30.5 Å². The van der Waals surface area contributed by atoms with Crippen LogP contribution in [0.2, 0.25) is 0 Å². The molecule has 0 aliphatic carbocycles. The van der Waals surface area contributed by atoms with Crippen molar-refractivity contribution in [2.24, 2.45) is 0 Å². The van der Waals surface area contributed by atoms with Crippen LogP contribution < -0.4 is 5.32 Å². The third-order valence-electron chi connectivity index (χ3n) is 4.55. The topological polar surface area (TPSA) is 84.8 Å². The second-order valence-corrected chi connectivity index (χ2v) is 6.37. The fourth-order valence-electron chi connectivity index (χ4n) is 3.20. The predicted octanol–water partition coefficient (Wildman–Crippen LogP) is 4.02. The fraction of sp³-hybridized carbons (Fsp3) is 0.150. The Labute approximate surface area is 160 Å². The molecule has 7 nitrogen and oxygen atoms in total. The molecule has 2 aromatic heterocycles. The molecule has 4 rings (SSSR count). The van der Waals surface area contributed by atoms with Crippen molar-refractivity contribution >= 4 is 23.1 Å². The molecule has 0 radical (unpaired) electrons.